The quantitative estimate of drug-likeness (QED) is 0.391. The van der Waals surface area contributed by atoms with Gasteiger partial charge in [0.05, 0.1) is 36.4 Å². The van der Waals surface area contributed by atoms with Gasteiger partial charge < -0.3 is 19.6 Å². The summed E-state index contributed by atoms with van der Waals surface area (Å²) in [7, 11) is 1.35. The standard InChI is InChI=1S/C30H34F7N3O3/c1-17-10-22(31)4-5-24(17)25-14-28(7-6-23-16-43-26(41)15-40(23)28)8-9-39(25)27(42)38(3)18(2)19-11-20(29(32,33)34)13-21(12-19)30(35,36)37/h4-5,10-13,18,23,25-26,41H,6-9,14-16H2,1-3H3/t18-,23+,25-,26?,28+/m1/s1. The van der Waals surface area contributed by atoms with Gasteiger partial charge in [0.25, 0.3) is 0 Å². The number of carbonyl (C=O) groups excluding carboxylic acids is 1. The van der Waals surface area contributed by atoms with E-state index < -0.39 is 53.7 Å². The third kappa shape index (κ3) is 6.08. The van der Waals surface area contributed by atoms with Gasteiger partial charge in [-0.1, -0.05) is 6.07 Å². The first-order valence-electron chi connectivity index (χ1n) is 14.2. The largest absolute Gasteiger partial charge is 0.416 e. The molecule has 0 aromatic heterocycles. The van der Waals surface area contributed by atoms with Crippen molar-refractivity contribution < 1.29 is 45.4 Å². The van der Waals surface area contributed by atoms with Gasteiger partial charge in [-0.15, -0.1) is 0 Å². The molecule has 43 heavy (non-hydrogen) atoms. The number of rotatable bonds is 3. The van der Waals surface area contributed by atoms with Crippen molar-refractivity contribution in [1.82, 2.24) is 14.7 Å². The van der Waals surface area contributed by atoms with Gasteiger partial charge in [0.15, 0.2) is 6.29 Å². The summed E-state index contributed by atoms with van der Waals surface area (Å²) in [5, 5.41) is 10.2. The minimum absolute atomic E-state index is 0.0624. The predicted molar refractivity (Wildman–Crippen MR) is 142 cm³/mol. The lowest BCUT2D eigenvalue weighted by Gasteiger charge is -2.52. The molecule has 2 aromatic carbocycles. The van der Waals surface area contributed by atoms with Crippen LogP contribution >= 0.6 is 0 Å². The zero-order valence-corrected chi connectivity index (χ0v) is 24.0. The minimum Gasteiger partial charge on any atom is -0.367 e. The van der Waals surface area contributed by atoms with Crippen molar-refractivity contribution in [3.63, 3.8) is 0 Å². The SMILES string of the molecule is Cc1cc(F)ccc1[C@H]1C[C@]2(CC[C@H]3COC(O)CN32)CCN1C(=O)N(C)[C@H](C)c1cc(C(F)(F)F)cc(C(F)(F)F)c1. The van der Waals surface area contributed by atoms with E-state index in [-0.39, 0.29) is 29.8 Å². The number of aryl methyl sites for hydroxylation is 1. The molecule has 0 radical (unpaired) electrons. The molecule has 13 heteroatoms. The summed E-state index contributed by atoms with van der Waals surface area (Å²) < 4.78 is 101. The van der Waals surface area contributed by atoms with E-state index in [1.807, 2.05) is 0 Å². The average Bonchev–Trinajstić information content (AvgIpc) is 3.27. The molecule has 1 N–H and O–H groups in total. The number of morpholine rings is 1. The number of hydrogen-bond acceptors (Lipinski definition) is 4. The van der Waals surface area contributed by atoms with Crippen LogP contribution in [0.25, 0.3) is 0 Å². The molecule has 5 atom stereocenters. The van der Waals surface area contributed by atoms with Gasteiger partial charge in [0.2, 0.25) is 0 Å². The Morgan fingerprint density at radius 1 is 1.07 bits per heavy atom. The van der Waals surface area contributed by atoms with Crippen molar-refractivity contribution in [2.24, 2.45) is 0 Å². The van der Waals surface area contributed by atoms with Gasteiger partial charge in [0.1, 0.15) is 5.82 Å². The van der Waals surface area contributed by atoms with Crippen LogP contribution in [0, 0.1) is 12.7 Å². The van der Waals surface area contributed by atoms with Crippen molar-refractivity contribution in [1.29, 1.82) is 0 Å². The number of fused-ring (bicyclic) bond motifs is 2. The zero-order chi connectivity index (χ0) is 31.5. The van der Waals surface area contributed by atoms with E-state index >= 15 is 0 Å². The number of urea groups is 1. The first-order valence-corrected chi connectivity index (χ1v) is 14.2. The van der Waals surface area contributed by atoms with Gasteiger partial charge in [-0.05, 0) is 86.6 Å². The van der Waals surface area contributed by atoms with Crippen molar-refractivity contribution in [3.8, 4) is 0 Å². The van der Waals surface area contributed by atoms with Crippen molar-refractivity contribution in [2.45, 2.75) is 81.8 Å². The Kier molecular flexibility index (Phi) is 8.23. The highest BCUT2D eigenvalue weighted by molar-refractivity contribution is 5.75. The summed E-state index contributed by atoms with van der Waals surface area (Å²) in [6.07, 6.45) is -8.35. The van der Waals surface area contributed by atoms with Gasteiger partial charge in [-0.2, -0.15) is 26.3 Å². The summed E-state index contributed by atoms with van der Waals surface area (Å²) in [5.41, 5.74) is -2.27. The Balaban J connectivity index is 1.48. The lowest BCUT2D eigenvalue weighted by Crippen LogP contribution is -2.60. The number of nitrogens with zero attached hydrogens (tertiary/aromatic N) is 3. The summed E-state index contributed by atoms with van der Waals surface area (Å²) in [5.74, 6) is -0.447. The summed E-state index contributed by atoms with van der Waals surface area (Å²) in [6, 6.07) is 3.46. The summed E-state index contributed by atoms with van der Waals surface area (Å²) in [6.45, 7) is 4.04. The molecule has 6 nitrogen and oxygen atoms in total. The number of aliphatic hydroxyl groups is 1. The lowest BCUT2D eigenvalue weighted by atomic mass is 9.78. The molecule has 0 aliphatic carbocycles. The fraction of sp³-hybridized carbons (Fsp3) is 0.567. The maximum Gasteiger partial charge on any atom is 0.416 e. The summed E-state index contributed by atoms with van der Waals surface area (Å²) >= 11 is 0. The fourth-order valence-corrected chi connectivity index (χ4v) is 6.96. The number of β-amino-alcohol motifs (C(OH)–C–C–N with tert-alkyl or cyclic N) is 1. The number of hydrogen-bond donors (Lipinski definition) is 1. The van der Waals surface area contributed by atoms with Crippen LogP contribution < -0.4 is 0 Å². The maximum atomic E-state index is 14.1. The van der Waals surface area contributed by atoms with E-state index in [9.17, 15) is 40.6 Å². The van der Waals surface area contributed by atoms with Gasteiger partial charge >= 0.3 is 18.4 Å². The number of carbonyl (C=O) groups is 1. The molecular formula is C30H34F7N3O3. The molecule has 2 amide bonds. The molecule has 1 unspecified atom stereocenters. The molecule has 5 rings (SSSR count). The number of likely N-dealkylation sites (tertiary alicyclic amines) is 1. The molecular weight excluding hydrogens is 583 g/mol. The van der Waals surface area contributed by atoms with Crippen LogP contribution in [-0.2, 0) is 17.1 Å². The molecule has 3 aliphatic heterocycles. The van der Waals surface area contributed by atoms with E-state index in [4.69, 9.17) is 4.74 Å². The first-order chi connectivity index (χ1) is 20.0. The molecule has 1 spiro atoms. The molecule has 3 saturated heterocycles. The molecule has 3 heterocycles. The van der Waals surface area contributed by atoms with Crippen LogP contribution in [0.1, 0.15) is 72.5 Å². The topological polar surface area (TPSA) is 56.3 Å². The van der Waals surface area contributed by atoms with Crippen LogP contribution in [0.4, 0.5) is 35.5 Å². The molecule has 0 saturated carbocycles. The monoisotopic (exact) mass is 617 g/mol. The van der Waals surface area contributed by atoms with Gasteiger partial charge in [-0.3, -0.25) is 4.90 Å². The van der Waals surface area contributed by atoms with Crippen LogP contribution in [0.3, 0.4) is 0 Å². The van der Waals surface area contributed by atoms with E-state index in [0.29, 0.717) is 49.3 Å². The molecule has 236 valence electrons. The second-order valence-corrected chi connectivity index (χ2v) is 11.9. The van der Waals surface area contributed by atoms with Crippen LogP contribution in [-0.4, -0.2) is 70.5 Å². The van der Waals surface area contributed by atoms with Crippen LogP contribution in [0.15, 0.2) is 36.4 Å². The Morgan fingerprint density at radius 3 is 2.33 bits per heavy atom. The molecule has 3 fully saturated rings. The fourth-order valence-electron chi connectivity index (χ4n) is 6.96. The second-order valence-electron chi connectivity index (χ2n) is 11.9. The highest BCUT2D eigenvalue weighted by Gasteiger charge is 2.53. The first kappa shape index (κ1) is 31.5. The number of aliphatic hydroxyl groups excluding tert-OH is 1. The van der Waals surface area contributed by atoms with Crippen molar-refractivity contribution >= 4 is 6.03 Å². The van der Waals surface area contributed by atoms with E-state index in [0.717, 1.165) is 17.7 Å². The van der Waals surface area contributed by atoms with Crippen molar-refractivity contribution in [2.75, 3.05) is 26.7 Å². The van der Waals surface area contributed by atoms with Crippen molar-refractivity contribution in [3.05, 3.63) is 70.0 Å². The number of alkyl halides is 6. The number of halogens is 7. The Labute approximate surface area is 245 Å². The van der Waals surface area contributed by atoms with E-state index in [2.05, 4.69) is 4.90 Å². The highest BCUT2D eigenvalue weighted by Crippen LogP contribution is 2.49. The smallest absolute Gasteiger partial charge is 0.367 e. The third-order valence-corrected chi connectivity index (χ3v) is 9.41. The Bertz CT molecular complexity index is 1340. The van der Waals surface area contributed by atoms with E-state index in [1.54, 1.807) is 17.9 Å². The van der Waals surface area contributed by atoms with Gasteiger partial charge in [-0.25, -0.2) is 9.18 Å². The number of amides is 2. The average molecular weight is 618 g/mol. The zero-order valence-electron chi connectivity index (χ0n) is 24.0. The Morgan fingerprint density at radius 2 is 1.72 bits per heavy atom. The molecule has 0 bridgehead atoms. The van der Waals surface area contributed by atoms with E-state index in [1.165, 1.54) is 26.1 Å². The number of piperidine rings is 1. The Hall–Kier alpha value is -2.90. The maximum absolute atomic E-state index is 14.1. The third-order valence-electron chi connectivity index (χ3n) is 9.41. The second kappa shape index (κ2) is 11.2. The normalized spacial score (nSPS) is 27.3. The van der Waals surface area contributed by atoms with Crippen LogP contribution in [0.5, 0.6) is 0 Å². The van der Waals surface area contributed by atoms with Gasteiger partial charge in [0, 0.05) is 25.2 Å². The highest BCUT2D eigenvalue weighted by atomic mass is 19.4. The van der Waals surface area contributed by atoms with Crippen LogP contribution in [0.2, 0.25) is 0 Å². The minimum atomic E-state index is -5.02. The molecule has 3 aliphatic rings. The lowest BCUT2D eigenvalue weighted by molar-refractivity contribution is -0.179. The predicted octanol–water partition coefficient (Wildman–Crippen LogP) is 6.67. The molecule has 2 aromatic rings. The summed E-state index contributed by atoms with van der Waals surface area (Å²) in [4.78, 5) is 19.0. The number of benzene rings is 2. The number of ether oxygens (including phenoxy) is 1.